The summed E-state index contributed by atoms with van der Waals surface area (Å²) in [6.45, 7) is 1.57. The maximum absolute atomic E-state index is 12.2. The van der Waals surface area contributed by atoms with E-state index in [2.05, 4.69) is 21.2 Å². The highest BCUT2D eigenvalue weighted by Crippen LogP contribution is 2.15. The monoisotopic (exact) mass is 299 g/mol. The van der Waals surface area contributed by atoms with Gasteiger partial charge in [0, 0.05) is 43.8 Å². The van der Waals surface area contributed by atoms with Crippen LogP contribution in [0.25, 0.3) is 0 Å². The van der Waals surface area contributed by atoms with Gasteiger partial charge in [-0.1, -0.05) is 0 Å². The fraction of sp³-hybridized carbons (Fsp3) is 0.455. The first-order chi connectivity index (χ1) is 8.08. The van der Waals surface area contributed by atoms with Crippen molar-refractivity contribution in [3.05, 3.63) is 22.4 Å². The molecule has 1 saturated heterocycles. The lowest BCUT2D eigenvalue weighted by Gasteiger charge is -2.19. The Hall–Kier alpha value is -1.30. The average molecular weight is 300 g/mol. The van der Waals surface area contributed by atoms with Crippen molar-refractivity contribution in [3.8, 4) is 0 Å². The number of halogens is 1. The number of aromatic nitrogens is 1. The van der Waals surface area contributed by atoms with Gasteiger partial charge in [-0.15, -0.1) is 0 Å². The molecule has 0 atom stereocenters. The van der Waals surface area contributed by atoms with Gasteiger partial charge in [0.25, 0.3) is 5.91 Å². The van der Waals surface area contributed by atoms with Crippen molar-refractivity contribution in [2.75, 3.05) is 19.6 Å². The molecule has 0 aromatic carbocycles. The topological polar surface area (TPSA) is 54.3 Å². The van der Waals surface area contributed by atoms with E-state index >= 15 is 0 Å². The molecular formula is C11H14BrN3O2. The molecule has 5 nitrogen and oxygen atoms in total. The van der Waals surface area contributed by atoms with Crippen LogP contribution >= 0.6 is 15.9 Å². The molecule has 1 aromatic heterocycles. The first kappa shape index (κ1) is 12.2. The molecule has 1 N–H and O–H groups in total. The summed E-state index contributed by atoms with van der Waals surface area (Å²) in [6.07, 6.45) is 2.21. The molecule has 0 spiro atoms. The Morgan fingerprint density at radius 3 is 2.88 bits per heavy atom. The second-order valence-electron chi connectivity index (χ2n) is 4.05. The number of carbonyl (C=O) groups is 2. The van der Waals surface area contributed by atoms with Crippen LogP contribution in [0.4, 0.5) is 0 Å². The number of amides is 2. The smallest absolute Gasteiger partial charge is 0.270 e. The molecule has 2 amide bonds. The quantitative estimate of drug-likeness (QED) is 0.832. The van der Waals surface area contributed by atoms with Crippen LogP contribution in [-0.2, 0) is 11.8 Å². The minimum absolute atomic E-state index is 0.00774. The first-order valence-corrected chi connectivity index (χ1v) is 6.25. The first-order valence-electron chi connectivity index (χ1n) is 5.46. The van der Waals surface area contributed by atoms with E-state index in [1.54, 1.807) is 15.5 Å². The predicted molar refractivity (Wildman–Crippen MR) is 66.6 cm³/mol. The van der Waals surface area contributed by atoms with Crippen molar-refractivity contribution in [2.24, 2.45) is 7.05 Å². The number of hydrogen-bond donors (Lipinski definition) is 1. The van der Waals surface area contributed by atoms with Crippen LogP contribution in [0.15, 0.2) is 16.7 Å². The Morgan fingerprint density at radius 1 is 1.47 bits per heavy atom. The molecule has 0 aliphatic carbocycles. The van der Waals surface area contributed by atoms with Crippen LogP contribution in [0.5, 0.6) is 0 Å². The van der Waals surface area contributed by atoms with E-state index in [0.717, 1.165) is 4.47 Å². The molecule has 2 heterocycles. The lowest BCUT2D eigenvalue weighted by Crippen LogP contribution is -2.35. The summed E-state index contributed by atoms with van der Waals surface area (Å²) in [5.74, 6) is -0.0249. The van der Waals surface area contributed by atoms with Crippen LogP contribution < -0.4 is 5.32 Å². The SMILES string of the molecule is Cn1cc(Br)cc1C(=O)N1CCNC(=O)CC1. The van der Waals surface area contributed by atoms with Crippen molar-refractivity contribution in [2.45, 2.75) is 6.42 Å². The summed E-state index contributed by atoms with van der Waals surface area (Å²) >= 11 is 3.34. The Morgan fingerprint density at radius 2 is 2.24 bits per heavy atom. The largest absolute Gasteiger partial charge is 0.354 e. The molecule has 6 heteroatoms. The van der Waals surface area contributed by atoms with Crippen LogP contribution in [0.2, 0.25) is 0 Å². The molecule has 92 valence electrons. The van der Waals surface area contributed by atoms with Crippen LogP contribution in [0.3, 0.4) is 0 Å². The summed E-state index contributed by atoms with van der Waals surface area (Å²) in [4.78, 5) is 25.1. The molecule has 17 heavy (non-hydrogen) atoms. The summed E-state index contributed by atoms with van der Waals surface area (Å²) in [6, 6.07) is 1.79. The molecular weight excluding hydrogens is 286 g/mol. The van der Waals surface area contributed by atoms with E-state index < -0.39 is 0 Å². The van der Waals surface area contributed by atoms with Gasteiger partial charge in [-0.2, -0.15) is 0 Å². The number of aryl methyl sites for hydroxylation is 1. The Kier molecular flexibility index (Phi) is 3.51. The average Bonchev–Trinajstić information content (AvgIpc) is 2.49. The summed E-state index contributed by atoms with van der Waals surface area (Å²) < 4.78 is 2.67. The number of hydrogen-bond acceptors (Lipinski definition) is 2. The molecule has 1 aliphatic heterocycles. The van der Waals surface area contributed by atoms with E-state index in [-0.39, 0.29) is 11.8 Å². The van der Waals surface area contributed by atoms with Gasteiger partial charge >= 0.3 is 0 Å². The lowest BCUT2D eigenvalue weighted by atomic mass is 10.3. The molecule has 2 rings (SSSR count). The van der Waals surface area contributed by atoms with E-state index in [1.165, 1.54) is 0 Å². The second kappa shape index (κ2) is 4.91. The van der Waals surface area contributed by atoms with Gasteiger partial charge < -0.3 is 14.8 Å². The molecule has 0 bridgehead atoms. The fourth-order valence-corrected chi connectivity index (χ4v) is 2.39. The van der Waals surface area contributed by atoms with E-state index in [9.17, 15) is 9.59 Å². The minimum Gasteiger partial charge on any atom is -0.354 e. The highest BCUT2D eigenvalue weighted by atomic mass is 79.9. The van der Waals surface area contributed by atoms with Gasteiger partial charge in [-0.25, -0.2) is 0 Å². The molecule has 1 aromatic rings. The zero-order valence-corrected chi connectivity index (χ0v) is 11.2. The zero-order chi connectivity index (χ0) is 12.4. The van der Waals surface area contributed by atoms with Crippen molar-refractivity contribution in [1.29, 1.82) is 0 Å². The normalized spacial score (nSPS) is 16.6. The Bertz CT molecular complexity index is 456. The summed E-state index contributed by atoms with van der Waals surface area (Å²) in [5.41, 5.74) is 0.631. The van der Waals surface area contributed by atoms with E-state index in [1.807, 2.05) is 13.2 Å². The maximum Gasteiger partial charge on any atom is 0.270 e. The number of rotatable bonds is 1. The van der Waals surface area contributed by atoms with Gasteiger partial charge in [0.05, 0.1) is 0 Å². The summed E-state index contributed by atoms with van der Waals surface area (Å²) in [7, 11) is 1.83. The zero-order valence-electron chi connectivity index (χ0n) is 9.57. The van der Waals surface area contributed by atoms with Gasteiger partial charge in [0.15, 0.2) is 0 Å². The number of carbonyl (C=O) groups excluding carboxylic acids is 2. The second-order valence-corrected chi connectivity index (χ2v) is 4.96. The van der Waals surface area contributed by atoms with Crippen LogP contribution in [0, 0.1) is 0 Å². The maximum atomic E-state index is 12.2. The van der Waals surface area contributed by atoms with Gasteiger partial charge in [0.1, 0.15) is 5.69 Å². The molecule has 0 saturated carbocycles. The Balaban J connectivity index is 2.14. The highest BCUT2D eigenvalue weighted by Gasteiger charge is 2.21. The van der Waals surface area contributed by atoms with E-state index in [0.29, 0.717) is 31.7 Å². The van der Waals surface area contributed by atoms with Gasteiger partial charge in [0.2, 0.25) is 5.91 Å². The van der Waals surface area contributed by atoms with Crippen molar-refractivity contribution in [3.63, 3.8) is 0 Å². The van der Waals surface area contributed by atoms with E-state index in [4.69, 9.17) is 0 Å². The van der Waals surface area contributed by atoms with Gasteiger partial charge in [-0.05, 0) is 22.0 Å². The summed E-state index contributed by atoms with van der Waals surface area (Å²) in [5, 5.41) is 2.75. The fourth-order valence-electron chi connectivity index (χ4n) is 1.87. The van der Waals surface area contributed by atoms with Crippen LogP contribution in [0.1, 0.15) is 16.9 Å². The lowest BCUT2D eigenvalue weighted by molar-refractivity contribution is -0.120. The third-order valence-electron chi connectivity index (χ3n) is 2.79. The molecule has 0 radical (unpaired) electrons. The number of nitrogens with zero attached hydrogens (tertiary/aromatic N) is 2. The minimum atomic E-state index is -0.0327. The predicted octanol–water partition coefficient (Wildman–Crippen LogP) is 0.750. The van der Waals surface area contributed by atoms with Crippen molar-refractivity contribution >= 4 is 27.7 Å². The van der Waals surface area contributed by atoms with Crippen LogP contribution in [-0.4, -0.2) is 40.9 Å². The highest BCUT2D eigenvalue weighted by molar-refractivity contribution is 9.10. The van der Waals surface area contributed by atoms with Crippen molar-refractivity contribution in [1.82, 2.24) is 14.8 Å². The van der Waals surface area contributed by atoms with Gasteiger partial charge in [-0.3, -0.25) is 9.59 Å². The standard InChI is InChI=1S/C11H14BrN3O2/c1-14-7-8(12)6-9(14)11(17)15-4-2-10(16)13-3-5-15/h6-7H,2-5H2,1H3,(H,13,16). The number of nitrogens with one attached hydrogen (secondary N) is 1. The molecule has 0 unspecified atom stereocenters. The third-order valence-corrected chi connectivity index (χ3v) is 3.22. The molecule has 1 aliphatic rings. The third kappa shape index (κ3) is 2.69. The molecule has 1 fully saturated rings. The van der Waals surface area contributed by atoms with Crippen molar-refractivity contribution < 1.29 is 9.59 Å². The Labute approximate surface area is 108 Å².